The number of hydrogen-bond donors (Lipinski definition) is 0. The molecule has 1 unspecified atom stereocenters. The van der Waals surface area contributed by atoms with Crippen LogP contribution in [0.4, 0.5) is 0 Å². The Morgan fingerprint density at radius 1 is 1.33 bits per heavy atom. The first kappa shape index (κ1) is 17.7. The Bertz CT molecular complexity index is 907. The maximum Gasteiger partial charge on any atom is 0.266 e. The van der Waals surface area contributed by atoms with E-state index in [0.29, 0.717) is 23.7 Å². The van der Waals surface area contributed by atoms with Gasteiger partial charge in [-0.3, -0.25) is 9.78 Å². The molecule has 4 rings (SSSR count). The molecule has 2 aromatic heterocycles. The molecular formula is C20H21N3O3S. The summed E-state index contributed by atoms with van der Waals surface area (Å²) in [6.45, 7) is 0.714. The third-order valence-corrected chi connectivity index (χ3v) is 5.58. The van der Waals surface area contributed by atoms with E-state index in [1.165, 1.54) is 11.3 Å². The molecule has 1 fully saturated rings. The molecule has 27 heavy (non-hydrogen) atoms. The van der Waals surface area contributed by atoms with Gasteiger partial charge < -0.3 is 14.1 Å². The summed E-state index contributed by atoms with van der Waals surface area (Å²) in [6, 6.07) is 7.75. The van der Waals surface area contributed by atoms with E-state index < -0.39 is 0 Å². The van der Waals surface area contributed by atoms with Crippen LogP contribution in [-0.4, -0.2) is 34.4 Å². The summed E-state index contributed by atoms with van der Waals surface area (Å²) in [5.41, 5.74) is 2.73. The van der Waals surface area contributed by atoms with Crippen molar-refractivity contribution in [1.29, 1.82) is 0 Å². The molecule has 1 atom stereocenters. The molecule has 3 heterocycles. The van der Waals surface area contributed by atoms with Crippen molar-refractivity contribution in [3.05, 3.63) is 64.3 Å². The minimum absolute atomic E-state index is 0.00618. The molecule has 140 valence electrons. The van der Waals surface area contributed by atoms with Crippen molar-refractivity contribution in [2.45, 2.75) is 31.7 Å². The number of rotatable bonds is 5. The summed E-state index contributed by atoms with van der Waals surface area (Å²) in [6.07, 6.45) is 6.90. The second-order valence-electron chi connectivity index (χ2n) is 6.53. The number of ether oxygens (including phenoxy) is 1. The summed E-state index contributed by atoms with van der Waals surface area (Å²) in [5, 5.41) is 0. The molecule has 6 nitrogen and oxygen atoms in total. The van der Waals surface area contributed by atoms with Gasteiger partial charge in [0, 0.05) is 18.5 Å². The first-order chi connectivity index (χ1) is 13.3. The number of para-hydroxylation sites is 1. The largest absolute Gasteiger partial charge is 0.496 e. The molecule has 1 amide bonds. The summed E-state index contributed by atoms with van der Waals surface area (Å²) in [4.78, 5) is 23.9. The Balaban J connectivity index is 1.54. The number of piperidine rings is 1. The zero-order chi connectivity index (χ0) is 18.6. The van der Waals surface area contributed by atoms with Gasteiger partial charge in [0.15, 0.2) is 0 Å². The predicted molar refractivity (Wildman–Crippen MR) is 102 cm³/mol. The van der Waals surface area contributed by atoms with Crippen LogP contribution in [0.2, 0.25) is 0 Å². The molecule has 0 aliphatic carbocycles. The highest BCUT2D eigenvalue weighted by atomic mass is 32.1. The predicted octanol–water partition coefficient (Wildman–Crippen LogP) is 4.10. The van der Waals surface area contributed by atoms with Crippen LogP contribution in [0.25, 0.3) is 0 Å². The monoisotopic (exact) mass is 383 g/mol. The Morgan fingerprint density at radius 2 is 2.22 bits per heavy atom. The van der Waals surface area contributed by atoms with Gasteiger partial charge in [0.2, 0.25) is 5.89 Å². The lowest BCUT2D eigenvalue weighted by Crippen LogP contribution is -2.38. The number of nitrogens with zero attached hydrogens (tertiary/aromatic N) is 3. The third kappa shape index (κ3) is 3.73. The highest BCUT2D eigenvalue weighted by Crippen LogP contribution is 2.33. The van der Waals surface area contributed by atoms with E-state index in [1.807, 2.05) is 29.2 Å². The number of methoxy groups -OCH3 is 1. The van der Waals surface area contributed by atoms with E-state index in [1.54, 1.807) is 25.0 Å². The molecule has 0 spiro atoms. The van der Waals surface area contributed by atoms with Crippen LogP contribution in [0, 0.1) is 0 Å². The Labute approximate surface area is 161 Å². The average Bonchev–Trinajstić information content (AvgIpc) is 3.40. The van der Waals surface area contributed by atoms with Crippen molar-refractivity contribution >= 4 is 17.2 Å². The minimum atomic E-state index is -0.125. The molecule has 0 bridgehead atoms. The van der Waals surface area contributed by atoms with Crippen molar-refractivity contribution < 1.29 is 13.9 Å². The van der Waals surface area contributed by atoms with Gasteiger partial charge in [0.25, 0.3) is 5.91 Å². The SMILES string of the molecule is COc1ccccc1Cc1cnc(C2CCCCN2C(=O)c2cncs2)o1. The van der Waals surface area contributed by atoms with Gasteiger partial charge in [0.1, 0.15) is 22.4 Å². The zero-order valence-electron chi connectivity index (χ0n) is 15.1. The Kier molecular flexibility index (Phi) is 5.20. The van der Waals surface area contributed by atoms with Crippen molar-refractivity contribution in [1.82, 2.24) is 14.9 Å². The first-order valence-corrected chi connectivity index (χ1v) is 9.90. The summed E-state index contributed by atoms with van der Waals surface area (Å²) in [7, 11) is 1.66. The number of likely N-dealkylation sites (tertiary alicyclic amines) is 1. The first-order valence-electron chi connectivity index (χ1n) is 9.02. The fourth-order valence-corrected chi connectivity index (χ4v) is 4.06. The molecule has 1 aliphatic rings. The van der Waals surface area contributed by atoms with Crippen molar-refractivity contribution in [3.63, 3.8) is 0 Å². The number of hydrogen-bond acceptors (Lipinski definition) is 6. The van der Waals surface area contributed by atoms with Gasteiger partial charge in [-0.05, 0) is 25.3 Å². The molecule has 1 aromatic carbocycles. The summed E-state index contributed by atoms with van der Waals surface area (Å²) < 4.78 is 11.5. The van der Waals surface area contributed by atoms with Crippen LogP contribution in [0.5, 0.6) is 5.75 Å². The van der Waals surface area contributed by atoms with E-state index in [0.717, 1.165) is 36.3 Å². The zero-order valence-corrected chi connectivity index (χ0v) is 15.9. The van der Waals surface area contributed by atoms with Gasteiger partial charge in [-0.15, -0.1) is 11.3 Å². The maximum absolute atomic E-state index is 12.8. The Morgan fingerprint density at radius 3 is 3.04 bits per heavy atom. The topological polar surface area (TPSA) is 68.5 Å². The standard InChI is InChI=1S/C20H21N3O3S/c1-25-17-8-3-2-6-14(17)10-15-11-22-19(26-15)16-7-4-5-9-23(16)20(24)18-12-21-13-27-18/h2-3,6,8,11-13,16H,4-5,7,9-10H2,1H3. The van der Waals surface area contributed by atoms with E-state index in [-0.39, 0.29) is 11.9 Å². The van der Waals surface area contributed by atoms with Gasteiger partial charge in [0.05, 0.1) is 25.0 Å². The number of benzene rings is 1. The lowest BCUT2D eigenvalue weighted by atomic mass is 10.0. The summed E-state index contributed by atoms with van der Waals surface area (Å²) in [5.74, 6) is 2.21. The van der Waals surface area contributed by atoms with E-state index in [9.17, 15) is 4.79 Å². The van der Waals surface area contributed by atoms with Crippen molar-refractivity contribution in [2.75, 3.05) is 13.7 Å². The fraction of sp³-hybridized carbons (Fsp3) is 0.350. The smallest absolute Gasteiger partial charge is 0.266 e. The lowest BCUT2D eigenvalue weighted by Gasteiger charge is -2.33. The number of carbonyl (C=O) groups excluding carboxylic acids is 1. The van der Waals surface area contributed by atoms with Gasteiger partial charge in [-0.2, -0.15) is 0 Å². The molecule has 0 saturated carbocycles. The number of amides is 1. The number of thiazole rings is 1. The quantitative estimate of drug-likeness (QED) is 0.663. The van der Waals surface area contributed by atoms with Gasteiger partial charge >= 0.3 is 0 Å². The second kappa shape index (κ2) is 7.92. The molecule has 1 saturated heterocycles. The number of oxazole rings is 1. The fourth-order valence-electron chi connectivity index (χ4n) is 3.49. The van der Waals surface area contributed by atoms with Crippen LogP contribution in [0.15, 0.2) is 46.6 Å². The van der Waals surface area contributed by atoms with Crippen molar-refractivity contribution in [3.8, 4) is 5.75 Å². The molecule has 0 N–H and O–H groups in total. The van der Waals surface area contributed by atoms with Crippen molar-refractivity contribution in [2.24, 2.45) is 0 Å². The molecular weight excluding hydrogens is 362 g/mol. The average molecular weight is 383 g/mol. The highest BCUT2D eigenvalue weighted by Gasteiger charge is 2.32. The van der Waals surface area contributed by atoms with E-state index in [4.69, 9.17) is 9.15 Å². The highest BCUT2D eigenvalue weighted by molar-refractivity contribution is 7.11. The maximum atomic E-state index is 12.8. The molecule has 0 radical (unpaired) electrons. The number of carbonyl (C=O) groups is 1. The van der Waals surface area contributed by atoms with Crippen LogP contribution >= 0.6 is 11.3 Å². The lowest BCUT2D eigenvalue weighted by molar-refractivity contribution is 0.0575. The molecule has 3 aromatic rings. The Hall–Kier alpha value is -2.67. The van der Waals surface area contributed by atoms with Crippen LogP contribution in [0.3, 0.4) is 0 Å². The van der Waals surface area contributed by atoms with E-state index in [2.05, 4.69) is 9.97 Å². The summed E-state index contributed by atoms with van der Waals surface area (Å²) >= 11 is 1.37. The van der Waals surface area contributed by atoms with Gasteiger partial charge in [-0.25, -0.2) is 4.98 Å². The normalized spacial score (nSPS) is 17.1. The van der Waals surface area contributed by atoms with Crippen LogP contribution < -0.4 is 4.74 Å². The molecule has 1 aliphatic heterocycles. The second-order valence-corrected chi connectivity index (χ2v) is 7.42. The van der Waals surface area contributed by atoms with Crippen LogP contribution in [0.1, 0.15) is 52.2 Å². The molecule has 7 heteroatoms. The van der Waals surface area contributed by atoms with Crippen LogP contribution in [-0.2, 0) is 6.42 Å². The van der Waals surface area contributed by atoms with E-state index >= 15 is 0 Å². The number of aromatic nitrogens is 2. The third-order valence-electron chi connectivity index (χ3n) is 4.82. The minimum Gasteiger partial charge on any atom is -0.496 e. The van der Waals surface area contributed by atoms with Gasteiger partial charge in [-0.1, -0.05) is 18.2 Å².